The van der Waals surface area contributed by atoms with E-state index < -0.39 is 0 Å². The fraction of sp³-hybridized carbons (Fsp3) is 0.682. The average Bonchev–Trinajstić information content (AvgIpc) is 3.26. The monoisotopic (exact) mass is 532 g/mol. The molecule has 8 heteroatoms. The maximum atomic E-state index is 6.13. The van der Waals surface area contributed by atoms with E-state index in [9.17, 15) is 0 Å². The number of morpholine rings is 1. The molecule has 1 saturated carbocycles. The highest BCUT2D eigenvalue weighted by Crippen LogP contribution is 2.32. The molecule has 0 aromatic heterocycles. The number of hydrogen-bond donors (Lipinski definition) is 2. The van der Waals surface area contributed by atoms with E-state index in [0.717, 1.165) is 81.8 Å². The number of guanidine groups is 1. The molecule has 170 valence electrons. The Hall–Kier alpha value is -1.26. The highest BCUT2D eigenvalue weighted by Gasteiger charge is 2.18. The molecule has 0 amide bonds. The van der Waals surface area contributed by atoms with Gasteiger partial charge in [0.05, 0.1) is 33.0 Å². The van der Waals surface area contributed by atoms with Gasteiger partial charge in [-0.3, -0.25) is 4.90 Å². The van der Waals surface area contributed by atoms with Gasteiger partial charge in [-0.25, -0.2) is 4.99 Å². The number of ether oxygens (including phenoxy) is 3. The van der Waals surface area contributed by atoms with Crippen molar-refractivity contribution in [2.24, 2.45) is 4.99 Å². The average molecular weight is 532 g/mol. The van der Waals surface area contributed by atoms with Crippen molar-refractivity contribution >= 4 is 29.9 Å². The summed E-state index contributed by atoms with van der Waals surface area (Å²) in [5, 5.41) is 6.75. The Labute approximate surface area is 197 Å². The molecule has 1 aromatic carbocycles. The maximum absolute atomic E-state index is 6.13. The van der Waals surface area contributed by atoms with Gasteiger partial charge in [0.1, 0.15) is 0 Å². The number of methoxy groups -OCH3 is 1. The summed E-state index contributed by atoms with van der Waals surface area (Å²) < 4.78 is 17.1. The first-order valence-electron chi connectivity index (χ1n) is 10.9. The van der Waals surface area contributed by atoms with Gasteiger partial charge in [0.15, 0.2) is 17.5 Å². The molecule has 1 heterocycles. The summed E-state index contributed by atoms with van der Waals surface area (Å²) in [4.78, 5) is 7.14. The molecule has 2 aliphatic rings. The van der Waals surface area contributed by atoms with Gasteiger partial charge in [0, 0.05) is 32.7 Å². The van der Waals surface area contributed by atoms with Crippen molar-refractivity contribution in [2.75, 3.05) is 53.0 Å². The number of benzene rings is 1. The first-order valence-corrected chi connectivity index (χ1v) is 10.9. The van der Waals surface area contributed by atoms with Crippen molar-refractivity contribution in [3.05, 3.63) is 23.8 Å². The summed E-state index contributed by atoms with van der Waals surface area (Å²) in [6.45, 7) is 9.03. The number of aliphatic imine (C=N–C) groups is 1. The van der Waals surface area contributed by atoms with Crippen LogP contribution in [0.1, 0.15) is 38.2 Å². The van der Waals surface area contributed by atoms with E-state index in [1.54, 1.807) is 7.11 Å². The number of hydrogen-bond acceptors (Lipinski definition) is 5. The second-order valence-electron chi connectivity index (χ2n) is 7.59. The van der Waals surface area contributed by atoms with Gasteiger partial charge in [-0.05, 0) is 50.3 Å². The molecule has 0 atom stereocenters. The van der Waals surface area contributed by atoms with Crippen LogP contribution in [0, 0.1) is 0 Å². The van der Waals surface area contributed by atoms with Crippen LogP contribution in [0.15, 0.2) is 23.2 Å². The van der Waals surface area contributed by atoms with E-state index in [-0.39, 0.29) is 24.0 Å². The molecule has 3 rings (SSSR count). The fourth-order valence-electron chi connectivity index (χ4n) is 3.76. The van der Waals surface area contributed by atoms with Crippen molar-refractivity contribution in [1.29, 1.82) is 0 Å². The molecule has 1 saturated heterocycles. The first kappa shape index (κ1) is 25.0. The van der Waals surface area contributed by atoms with Crippen molar-refractivity contribution < 1.29 is 14.2 Å². The third-order valence-corrected chi connectivity index (χ3v) is 5.41. The van der Waals surface area contributed by atoms with Gasteiger partial charge < -0.3 is 24.8 Å². The minimum Gasteiger partial charge on any atom is -0.493 e. The second-order valence-corrected chi connectivity index (χ2v) is 7.59. The van der Waals surface area contributed by atoms with Gasteiger partial charge in [0.25, 0.3) is 0 Å². The topological polar surface area (TPSA) is 67.4 Å². The predicted octanol–water partition coefficient (Wildman–Crippen LogP) is 3.02. The SMILES string of the molecule is CCNC(=NCc1ccc(OC2CCCC2)c(OC)c1)NCCN1CCOCC1.I. The highest BCUT2D eigenvalue weighted by atomic mass is 127. The zero-order valence-corrected chi connectivity index (χ0v) is 20.7. The lowest BCUT2D eigenvalue weighted by molar-refractivity contribution is 0.0389. The van der Waals surface area contributed by atoms with E-state index in [0.29, 0.717) is 12.6 Å². The minimum atomic E-state index is 0. The zero-order valence-electron chi connectivity index (χ0n) is 18.3. The molecule has 2 N–H and O–H groups in total. The van der Waals surface area contributed by atoms with Crippen LogP contribution in [-0.2, 0) is 11.3 Å². The van der Waals surface area contributed by atoms with Gasteiger partial charge in [0.2, 0.25) is 0 Å². The van der Waals surface area contributed by atoms with Crippen LogP contribution in [0.3, 0.4) is 0 Å². The van der Waals surface area contributed by atoms with E-state index >= 15 is 0 Å². The van der Waals surface area contributed by atoms with E-state index in [1.165, 1.54) is 12.8 Å². The van der Waals surface area contributed by atoms with E-state index in [2.05, 4.69) is 28.5 Å². The van der Waals surface area contributed by atoms with E-state index in [1.807, 2.05) is 12.1 Å². The van der Waals surface area contributed by atoms with Crippen LogP contribution in [0.25, 0.3) is 0 Å². The van der Waals surface area contributed by atoms with Crippen molar-refractivity contribution in [1.82, 2.24) is 15.5 Å². The molecular formula is C22H37IN4O3. The molecule has 1 aliphatic carbocycles. The zero-order chi connectivity index (χ0) is 20.3. The fourth-order valence-corrected chi connectivity index (χ4v) is 3.76. The molecule has 0 spiro atoms. The molecule has 0 bridgehead atoms. The predicted molar refractivity (Wildman–Crippen MR) is 131 cm³/mol. The van der Waals surface area contributed by atoms with Crippen molar-refractivity contribution in [2.45, 2.75) is 45.3 Å². The first-order chi connectivity index (χ1) is 14.3. The normalized spacial score (nSPS) is 18.0. The van der Waals surface area contributed by atoms with Gasteiger partial charge in [-0.15, -0.1) is 24.0 Å². The molecule has 1 aliphatic heterocycles. The Morgan fingerprint density at radius 2 is 1.93 bits per heavy atom. The van der Waals surface area contributed by atoms with Crippen LogP contribution in [0.5, 0.6) is 11.5 Å². The molecule has 0 radical (unpaired) electrons. The lowest BCUT2D eigenvalue weighted by atomic mass is 10.2. The van der Waals surface area contributed by atoms with E-state index in [4.69, 9.17) is 19.2 Å². The molecule has 1 aromatic rings. The smallest absolute Gasteiger partial charge is 0.191 e. The van der Waals surface area contributed by atoms with Gasteiger partial charge in [-0.2, -0.15) is 0 Å². The Morgan fingerprint density at radius 1 is 1.17 bits per heavy atom. The second kappa shape index (κ2) is 13.9. The quantitative estimate of drug-likeness (QED) is 0.290. The Bertz CT molecular complexity index is 647. The standard InChI is InChI=1S/C22H36N4O3.HI/c1-3-23-22(24-10-11-26-12-14-28-15-13-26)25-17-18-8-9-20(21(16-18)27-2)29-19-6-4-5-7-19;/h8-9,16,19H,3-7,10-15,17H2,1-2H3,(H2,23,24,25);1H. The number of rotatable bonds is 9. The molecule has 0 unspecified atom stereocenters. The van der Waals surface area contributed by atoms with Gasteiger partial charge in [-0.1, -0.05) is 6.07 Å². The Kier molecular flexibility index (Phi) is 11.6. The molecule has 7 nitrogen and oxygen atoms in total. The summed E-state index contributed by atoms with van der Waals surface area (Å²) in [7, 11) is 1.70. The third-order valence-electron chi connectivity index (χ3n) is 5.41. The number of nitrogens with zero attached hydrogens (tertiary/aromatic N) is 2. The Balaban J connectivity index is 0.00000320. The molecule has 30 heavy (non-hydrogen) atoms. The van der Waals surface area contributed by atoms with Crippen LogP contribution < -0.4 is 20.1 Å². The van der Waals surface area contributed by atoms with Crippen molar-refractivity contribution in [3.63, 3.8) is 0 Å². The number of nitrogens with one attached hydrogen (secondary N) is 2. The van der Waals surface area contributed by atoms with Crippen molar-refractivity contribution in [3.8, 4) is 11.5 Å². The van der Waals surface area contributed by atoms with Crippen LogP contribution in [0.4, 0.5) is 0 Å². The minimum absolute atomic E-state index is 0. The number of halogens is 1. The van der Waals surface area contributed by atoms with Crippen LogP contribution in [0.2, 0.25) is 0 Å². The third kappa shape index (κ3) is 8.11. The van der Waals surface area contributed by atoms with Gasteiger partial charge >= 0.3 is 0 Å². The lowest BCUT2D eigenvalue weighted by Crippen LogP contribution is -2.44. The maximum Gasteiger partial charge on any atom is 0.191 e. The highest BCUT2D eigenvalue weighted by molar-refractivity contribution is 14.0. The lowest BCUT2D eigenvalue weighted by Gasteiger charge is -2.26. The Morgan fingerprint density at radius 3 is 2.63 bits per heavy atom. The summed E-state index contributed by atoms with van der Waals surface area (Å²) in [6, 6.07) is 6.12. The summed E-state index contributed by atoms with van der Waals surface area (Å²) in [5.74, 6) is 2.46. The summed E-state index contributed by atoms with van der Waals surface area (Å²) >= 11 is 0. The summed E-state index contributed by atoms with van der Waals surface area (Å²) in [5.41, 5.74) is 1.10. The molecular weight excluding hydrogens is 495 g/mol. The summed E-state index contributed by atoms with van der Waals surface area (Å²) in [6.07, 6.45) is 5.11. The largest absolute Gasteiger partial charge is 0.493 e. The van der Waals surface area contributed by atoms with Crippen LogP contribution in [-0.4, -0.2) is 70.0 Å². The van der Waals surface area contributed by atoms with Crippen LogP contribution >= 0.6 is 24.0 Å². The molecule has 2 fully saturated rings.